The molecular formula is C20H20FN5O3. The van der Waals surface area contributed by atoms with Crippen molar-refractivity contribution in [3.05, 3.63) is 64.6 Å². The number of nitro benzene ring substituents is 1. The molecule has 4 rings (SSSR count). The highest BCUT2D eigenvalue weighted by Crippen LogP contribution is 2.22. The van der Waals surface area contributed by atoms with E-state index in [1.54, 1.807) is 29.1 Å². The van der Waals surface area contributed by atoms with E-state index in [1.165, 1.54) is 24.3 Å². The summed E-state index contributed by atoms with van der Waals surface area (Å²) >= 11 is 0. The van der Waals surface area contributed by atoms with Crippen molar-refractivity contribution in [1.29, 1.82) is 0 Å². The fraction of sp³-hybridized carbons (Fsp3) is 0.300. The predicted molar refractivity (Wildman–Crippen MR) is 106 cm³/mol. The highest BCUT2D eigenvalue weighted by Gasteiger charge is 2.25. The zero-order valence-electron chi connectivity index (χ0n) is 15.6. The Balaban J connectivity index is 1.43. The second kappa shape index (κ2) is 7.96. The molecule has 1 aliphatic heterocycles. The van der Waals surface area contributed by atoms with E-state index in [0.717, 1.165) is 30.6 Å². The van der Waals surface area contributed by atoms with Crippen LogP contribution in [0.1, 0.15) is 0 Å². The SMILES string of the molecule is O=CC(Cn1ncc2cc([N+](=O)[O-])ccc21)N1CCN(c2ccc(F)cc2)CC1. The molecule has 1 unspecified atom stereocenters. The number of nitrogens with zero attached hydrogens (tertiary/aromatic N) is 5. The molecular weight excluding hydrogens is 377 g/mol. The molecule has 1 fully saturated rings. The van der Waals surface area contributed by atoms with Crippen molar-refractivity contribution in [3.63, 3.8) is 0 Å². The Morgan fingerprint density at radius 2 is 1.86 bits per heavy atom. The molecule has 0 bridgehead atoms. The van der Waals surface area contributed by atoms with E-state index in [1.807, 2.05) is 0 Å². The minimum absolute atomic E-state index is 0.0147. The molecule has 0 aliphatic carbocycles. The van der Waals surface area contributed by atoms with Crippen molar-refractivity contribution >= 4 is 28.6 Å². The first-order valence-electron chi connectivity index (χ1n) is 9.35. The Bertz CT molecular complexity index is 1030. The number of rotatable bonds is 6. The van der Waals surface area contributed by atoms with Crippen molar-refractivity contribution in [2.75, 3.05) is 31.1 Å². The quantitative estimate of drug-likeness (QED) is 0.361. The third-order valence-corrected chi connectivity index (χ3v) is 5.33. The fourth-order valence-corrected chi connectivity index (χ4v) is 3.72. The number of piperazine rings is 1. The number of benzene rings is 2. The molecule has 29 heavy (non-hydrogen) atoms. The summed E-state index contributed by atoms with van der Waals surface area (Å²) in [5.41, 5.74) is 1.74. The second-order valence-corrected chi connectivity index (χ2v) is 7.03. The number of carbonyl (C=O) groups is 1. The van der Waals surface area contributed by atoms with E-state index in [9.17, 15) is 19.3 Å². The lowest BCUT2D eigenvalue weighted by Crippen LogP contribution is -2.52. The highest BCUT2D eigenvalue weighted by molar-refractivity contribution is 5.81. The minimum atomic E-state index is -0.439. The first-order chi connectivity index (χ1) is 14.0. The Kier molecular flexibility index (Phi) is 5.22. The smallest absolute Gasteiger partial charge is 0.270 e. The van der Waals surface area contributed by atoms with E-state index >= 15 is 0 Å². The monoisotopic (exact) mass is 397 g/mol. The third-order valence-electron chi connectivity index (χ3n) is 5.33. The zero-order valence-corrected chi connectivity index (χ0v) is 15.6. The molecule has 8 nitrogen and oxygen atoms in total. The third kappa shape index (κ3) is 3.95. The van der Waals surface area contributed by atoms with Crippen molar-refractivity contribution in [1.82, 2.24) is 14.7 Å². The summed E-state index contributed by atoms with van der Waals surface area (Å²) in [5.74, 6) is -0.259. The summed E-state index contributed by atoms with van der Waals surface area (Å²) in [6.45, 7) is 3.25. The molecule has 0 radical (unpaired) electrons. The van der Waals surface area contributed by atoms with Gasteiger partial charge in [-0.15, -0.1) is 0 Å². The molecule has 0 amide bonds. The van der Waals surface area contributed by atoms with Gasteiger partial charge in [-0.2, -0.15) is 5.10 Å². The van der Waals surface area contributed by atoms with Crippen LogP contribution >= 0.6 is 0 Å². The van der Waals surface area contributed by atoms with Gasteiger partial charge in [0.1, 0.15) is 12.1 Å². The maximum atomic E-state index is 13.1. The summed E-state index contributed by atoms with van der Waals surface area (Å²) < 4.78 is 14.8. The molecule has 1 saturated heterocycles. The first-order valence-corrected chi connectivity index (χ1v) is 9.35. The van der Waals surface area contributed by atoms with Crippen LogP contribution in [0.2, 0.25) is 0 Å². The molecule has 150 valence electrons. The van der Waals surface area contributed by atoms with Crippen LogP contribution in [0.4, 0.5) is 15.8 Å². The van der Waals surface area contributed by atoms with E-state index in [2.05, 4.69) is 14.9 Å². The van der Waals surface area contributed by atoms with Crippen molar-refractivity contribution < 1.29 is 14.1 Å². The fourth-order valence-electron chi connectivity index (χ4n) is 3.72. The Hall–Kier alpha value is -3.33. The number of non-ortho nitro benzene ring substituents is 1. The molecule has 9 heteroatoms. The molecule has 0 spiro atoms. The van der Waals surface area contributed by atoms with Crippen LogP contribution in [0.15, 0.2) is 48.7 Å². The van der Waals surface area contributed by atoms with Gasteiger partial charge in [0.15, 0.2) is 0 Å². The maximum absolute atomic E-state index is 13.1. The number of carbonyl (C=O) groups excluding carboxylic acids is 1. The number of nitro groups is 1. The lowest BCUT2D eigenvalue weighted by molar-refractivity contribution is -0.384. The van der Waals surface area contributed by atoms with Crippen LogP contribution in [0, 0.1) is 15.9 Å². The van der Waals surface area contributed by atoms with Gasteiger partial charge in [-0.1, -0.05) is 0 Å². The summed E-state index contributed by atoms with van der Waals surface area (Å²) in [6, 6.07) is 10.7. The van der Waals surface area contributed by atoms with Crippen LogP contribution in [-0.2, 0) is 11.3 Å². The molecule has 0 N–H and O–H groups in total. The number of hydrogen-bond donors (Lipinski definition) is 0. The Morgan fingerprint density at radius 3 is 2.52 bits per heavy atom. The van der Waals surface area contributed by atoms with Crippen LogP contribution in [-0.4, -0.2) is 58.1 Å². The largest absolute Gasteiger partial charge is 0.369 e. The van der Waals surface area contributed by atoms with Gasteiger partial charge in [-0.05, 0) is 30.3 Å². The van der Waals surface area contributed by atoms with Gasteiger partial charge in [0.25, 0.3) is 5.69 Å². The van der Waals surface area contributed by atoms with Gasteiger partial charge in [0, 0.05) is 49.4 Å². The molecule has 2 heterocycles. The lowest BCUT2D eigenvalue weighted by atomic mass is 10.2. The average Bonchev–Trinajstić information content (AvgIpc) is 3.15. The van der Waals surface area contributed by atoms with E-state index in [0.29, 0.717) is 25.0 Å². The summed E-state index contributed by atoms with van der Waals surface area (Å²) in [6.07, 6.45) is 2.50. The first kappa shape index (κ1) is 19.0. The second-order valence-electron chi connectivity index (χ2n) is 7.03. The Labute approximate surface area is 166 Å². The molecule has 2 aromatic carbocycles. The van der Waals surface area contributed by atoms with Gasteiger partial charge in [-0.3, -0.25) is 19.7 Å². The number of fused-ring (bicyclic) bond motifs is 1. The molecule has 1 aromatic heterocycles. The van der Waals surface area contributed by atoms with Gasteiger partial charge >= 0.3 is 0 Å². The Morgan fingerprint density at radius 1 is 1.14 bits per heavy atom. The van der Waals surface area contributed by atoms with Crippen molar-refractivity contribution in [3.8, 4) is 0 Å². The van der Waals surface area contributed by atoms with Gasteiger partial charge in [0.2, 0.25) is 0 Å². The topological polar surface area (TPSA) is 84.5 Å². The standard InChI is InChI=1S/C20H20FN5O3/c21-16-1-3-17(4-2-16)23-7-9-24(10-8-23)19(14-27)13-25-20-6-5-18(26(28)29)11-15(20)12-22-25/h1-6,11-12,14,19H,7-10,13H2. The lowest BCUT2D eigenvalue weighted by Gasteiger charge is -2.38. The molecule has 1 atom stereocenters. The van der Waals surface area contributed by atoms with Crippen LogP contribution in [0.3, 0.4) is 0 Å². The summed E-state index contributed by atoms with van der Waals surface area (Å²) in [5, 5.41) is 15.9. The van der Waals surface area contributed by atoms with E-state index in [-0.39, 0.29) is 17.5 Å². The number of hydrogen-bond acceptors (Lipinski definition) is 6. The van der Waals surface area contributed by atoms with Crippen LogP contribution in [0.25, 0.3) is 10.9 Å². The van der Waals surface area contributed by atoms with Crippen LogP contribution < -0.4 is 4.90 Å². The van der Waals surface area contributed by atoms with Gasteiger partial charge < -0.3 is 9.69 Å². The van der Waals surface area contributed by atoms with Gasteiger partial charge in [-0.25, -0.2) is 4.39 Å². The normalized spacial score (nSPS) is 16.1. The summed E-state index contributed by atoms with van der Waals surface area (Å²) in [4.78, 5) is 26.5. The predicted octanol–water partition coefficient (Wildman–Crippen LogP) is 2.47. The molecule has 0 saturated carbocycles. The van der Waals surface area contributed by atoms with Crippen molar-refractivity contribution in [2.24, 2.45) is 0 Å². The van der Waals surface area contributed by atoms with Crippen molar-refractivity contribution in [2.45, 2.75) is 12.6 Å². The number of aromatic nitrogens is 2. The molecule has 1 aliphatic rings. The number of aldehydes is 1. The zero-order chi connectivity index (χ0) is 20.4. The highest BCUT2D eigenvalue weighted by atomic mass is 19.1. The van der Waals surface area contributed by atoms with E-state index < -0.39 is 4.92 Å². The van der Waals surface area contributed by atoms with Gasteiger partial charge in [0.05, 0.1) is 29.2 Å². The number of anilines is 1. The van der Waals surface area contributed by atoms with Crippen LogP contribution in [0.5, 0.6) is 0 Å². The maximum Gasteiger partial charge on any atom is 0.270 e. The molecule has 3 aromatic rings. The van der Waals surface area contributed by atoms with E-state index in [4.69, 9.17) is 0 Å². The number of halogens is 1. The minimum Gasteiger partial charge on any atom is -0.369 e. The summed E-state index contributed by atoms with van der Waals surface area (Å²) in [7, 11) is 0. The average molecular weight is 397 g/mol.